The Morgan fingerprint density at radius 1 is 1.11 bits per heavy atom. The number of aliphatic imine (C=N–C) groups is 1. The van der Waals surface area contributed by atoms with Crippen LogP contribution in [0, 0.1) is 21.4 Å². The van der Waals surface area contributed by atoms with E-state index < -0.39 is 28.7 Å². The third-order valence-corrected chi connectivity index (χ3v) is 8.37. The number of hydrogen-bond donors (Lipinski definition) is 0. The predicted molar refractivity (Wildman–Crippen MR) is 144 cm³/mol. The molecule has 0 N–H and O–H groups in total. The van der Waals surface area contributed by atoms with Crippen LogP contribution in [0.2, 0.25) is 0 Å². The Hall–Kier alpha value is -3.07. The summed E-state index contributed by atoms with van der Waals surface area (Å²) >= 11 is 0. The van der Waals surface area contributed by atoms with Crippen molar-refractivity contribution in [1.29, 1.82) is 0 Å². The highest BCUT2D eigenvalue weighted by molar-refractivity contribution is 6.07. The molecule has 38 heavy (non-hydrogen) atoms. The number of rotatable bonds is 8. The Morgan fingerprint density at radius 2 is 1.79 bits per heavy atom. The average molecular weight is 526 g/mol. The Kier molecular flexibility index (Phi) is 8.97. The molecule has 206 valence electrons. The molecule has 0 amide bonds. The summed E-state index contributed by atoms with van der Waals surface area (Å²) in [5.41, 5.74) is 1.50. The molecule has 3 aliphatic rings. The molecule has 0 radical (unpaired) electrons. The van der Waals surface area contributed by atoms with Crippen LogP contribution in [0.15, 0.2) is 40.5 Å². The van der Waals surface area contributed by atoms with Gasteiger partial charge in [-0.15, -0.1) is 0 Å². The summed E-state index contributed by atoms with van der Waals surface area (Å²) in [6.45, 7) is 6.85. The van der Waals surface area contributed by atoms with Crippen LogP contribution in [-0.2, 0) is 19.1 Å². The highest BCUT2D eigenvalue weighted by atomic mass is 16.6. The Balaban J connectivity index is 1.64. The molecule has 2 heterocycles. The molecule has 1 saturated carbocycles. The van der Waals surface area contributed by atoms with Gasteiger partial charge in [-0.3, -0.25) is 19.9 Å². The lowest BCUT2D eigenvalue weighted by atomic mass is 9.73. The van der Waals surface area contributed by atoms with Gasteiger partial charge < -0.3 is 14.4 Å². The van der Waals surface area contributed by atoms with E-state index in [4.69, 9.17) is 9.47 Å². The van der Waals surface area contributed by atoms with E-state index >= 15 is 0 Å². The molecule has 1 saturated heterocycles. The number of likely N-dealkylation sites (tertiary alicyclic amines) is 1. The topological polar surface area (TPSA) is 111 Å². The first-order chi connectivity index (χ1) is 18.2. The van der Waals surface area contributed by atoms with Gasteiger partial charge in [0, 0.05) is 41.4 Å². The van der Waals surface area contributed by atoms with E-state index in [1.54, 1.807) is 26.0 Å². The molecule has 4 rings (SSSR count). The van der Waals surface area contributed by atoms with Crippen LogP contribution in [0.25, 0.3) is 0 Å². The maximum atomic E-state index is 13.8. The summed E-state index contributed by atoms with van der Waals surface area (Å²) in [4.78, 5) is 44.8. The van der Waals surface area contributed by atoms with Gasteiger partial charge in [0.15, 0.2) is 0 Å². The Labute approximate surface area is 224 Å². The maximum absolute atomic E-state index is 13.8. The van der Waals surface area contributed by atoms with Crippen molar-refractivity contribution in [1.82, 2.24) is 4.90 Å². The monoisotopic (exact) mass is 525 g/mol. The number of carbonyl (C=O) groups is 2. The van der Waals surface area contributed by atoms with E-state index in [0.29, 0.717) is 23.6 Å². The molecule has 2 aliphatic heterocycles. The number of ether oxygens (including phenoxy) is 2. The van der Waals surface area contributed by atoms with Crippen LogP contribution in [0.1, 0.15) is 76.7 Å². The van der Waals surface area contributed by atoms with Gasteiger partial charge in [-0.25, -0.2) is 4.79 Å². The predicted octanol–water partition coefficient (Wildman–Crippen LogP) is 5.20. The number of piperidine rings is 1. The zero-order valence-electron chi connectivity index (χ0n) is 22.7. The summed E-state index contributed by atoms with van der Waals surface area (Å²) in [5, 5.41) is 11.5. The fourth-order valence-corrected chi connectivity index (χ4v) is 6.46. The van der Waals surface area contributed by atoms with Gasteiger partial charge in [0.25, 0.3) is 5.69 Å². The first-order valence-corrected chi connectivity index (χ1v) is 13.7. The number of carbonyl (C=O) groups excluding carboxylic acids is 2. The van der Waals surface area contributed by atoms with E-state index in [-0.39, 0.29) is 16.7 Å². The van der Waals surface area contributed by atoms with Crippen LogP contribution in [0.3, 0.4) is 0 Å². The molecule has 2 atom stereocenters. The number of allylic oxidation sites excluding steroid dienone is 1. The summed E-state index contributed by atoms with van der Waals surface area (Å²) in [5.74, 6) is -2.75. The first kappa shape index (κ1) is 28.0. The summed E-state index contributed by atoms with van der Waals surface area (Å²) in [7, 11) is 1.29. The second-order valence-corrected chi connectivity index (χ2v) is 11.1. The number of benzene rings is 1. The van der Waals surface area contributed by atoms with Crippen molar-refractivity contribution in [2.75, 3.05) is 33.4 Å². The number of nitro benzene ring substituents is 1. The van der Waals surface area contributed by atoms with Crippen LogP contribution in [-0.4, -0.2) is 60.8 Å². The normalized spacial score (nSPS) is 23.9. The molecular weight excluding hydrogens is 486 g/mol. The summed E-state index contributed by atoms with van der Waals surface area (Å²) in [6, 6.07) is 6.07. The van der Waals surface area contributed by atoms with Crippen molar-refractivity contribution in [3.63, 3.8) is 0 Å². The maximum Gasteiger partial charge on any atom is 0.336 e. The third kappa shape index (κ3) is 6.14. The standard InChI is InChI=1S/C29H39N3O6/c1-20-24(27(33)37-3)26(22-11-10-12-23(17-22)32(35)36)25(21(2)30-20)28(34)38-19-29(13-6-4-7-14-29)18-31-15-8-5-9-16-31/h10-12,17,24,26H,4-9,13-16,18-19H2,1-3H3. The molecule has 1 aliphatic carbocycles. The van der Waals surface area contributed by atoms with Crippen LogP contribution >= 0.6 is 0 Å². The lowest BCUT2D eigenvalue weighted by Crippen LogP contribution is -2.45. The van der Waals surface area contributed by atoms with E-state index in [9.17, 15) is 19.7 Å². The molecule has 9 nitrogen and oxygen atoms in total. The molecule has 0 aromatic heterocycles. The SMILES string of the molecule is COC(=O)C1C(C)=NC(C)=C(C(=O)OCC2(CN3CCCCC3)CCCCC2)C1c1cccc([N+](=O)[O-])c1. The largest absolute Gasteiger partial charge is 0.468 e. The second kappa shape index (κ2) is 12.2. The molecule has 1 aromatic carbocycles. The first-order valence-electron chi connectivity index (χ1n) is 13.7. The van der Waals surface area contributed by atoms with Crippen LogP contribution in [0.4, 0.5) is 5.69 Å². The minimum Gasteiger partial charge on any atom is -0.468 e. The van der Waals surface area contributed by atoms with Gasteiger partial charge in [0.1, 0.15) is 5.92 Å². The minimum absolute atomic E-state index is 0.0870. The number of hydrogen-bond acceptors (Lipinski definition) is 8. The zero-order valence-corrected chi connectivity index (χ0v) is 22.7. The van der Waals surface area contributed by atoms with Gasteiger partial charge in [0.2, 0.25) is 0 Å². The minimum atomic E-state index is -0.884. The number of methoxy groups -OCH3 is 1. The van der Waals surface area contributed by atoms with Gasteiger partial charge in [0.05, 0.1) is 24.2 Å². The van der Waals surface area contributed by atoms with Gasteiger partial charge in [-0.2, -0.15) is 0 Å². The van der Waals surface area contributed by atoms with E-state index in [1.807, 2.05) is 0 Å². The molecular formula is C29H39N3O6. The van der Waals surface area contributed by atoms with Gasteiger partial charge in [-0.1, -0.05) is 37.8 Å². The quantitative estimate of drug-likeness (QED) is 0.261. The van der Waals surface area contributed by atoms with Crippen molar-refractivity contribution in [2.24, 2.45) is 16.3 Å². The van der Waals surface area contributed by atoms with E-state index in [2.05, 4.69) is 9.89 Å². The summed E-state index contributed by atoms with van der Waals surface area (Å²) < 4.78 is 11.2. The number of nitrogens with zero attached hydrogens (tertiary/aromatic N) is 3. The van der Waals surface area contributed by atoms with E-state index in [0.717, 1.165) is 45.3 Å². The third-order valence-electron chi connectivity index (χ3n) is 8.37. The molecule has 0 spiro atoms. The zero-order chi connectivity index (χ0) is 27.3. The summed E-state index contributed by atoms with van der Waals surface area (Å²) in [6.07, 6.45) is 9.17. The molecule has 2 fully saturated rings. The average Bonchev–Trinajstić information content (AvgIpc) is 2.92. The fraction of sp³-hybridized carbons (Fsp3) is 0.621. The molecule has 1 aromatic rings. The second-order valence-electron chi connectivity index (χ2n) is 11.1. The lowest BCUT2D eigenvalue weighted by Gasteiger charge is -2.42. The van der Waals surface area contributed by atoms with Crippen LogP contribution < -0.4 is 0 Å². The Bertz CT molecular complexity index is 1120. The lowest BCUT2D eigenvalue weighted by molar-refractivity contribution is -0.384. The molecule has 0 bridgehead atoms. The number of esters is 2. The Morgan fingerprint density at radius 3 is 2.45 bits per heavy atom. The number of non-ortho nitro benzene ring substituents is 1. The fourth-order valence-electron chi connectivity index (χ4n) is 6.46. The van der Waals surface area contributed by atoms with Crippen molar-refractivity contribution >= 4 is 23.3 Å². The molecule has 2 unspecified atom stereocenters. The number of nitro groups is 1. The van der Waals surface area contributed by atoms with Crippen molar-refractivity contribution in [2.45, 2.75) is 71.1 Å². The molecule has 9 heteroatoms. The van der Waals surface area contributed by atoms with Crippen molar-refractivity contribution in [3.8, 4) is 0 Å². The smallest absolute Gasteiger partial charge is 0.336 e. The van der Waals surface area contributed by atoms with Gasteiger partial charge >= 0.3 is 11.9 Å². The van der Waals surface area contributed by atoms with Crippen LogP contribution in [0.5, 0.6) is 0 Å². The van der Waals surface area contributed by atoms with Crippen molar-refractivity contribution in [3.05, 3.63) is 51.2 Å². The van der Waals surface area contributed by atoms with Crippen molar-refractivity contribution < 1.29 is 24.0 Å². The highest BCUT2D eigenvalue weighted by Crippen LogP contribution is 2.42. The van der Waals surface area contributed by atoms with Gasteiger partial charge in [-0.05, 0) is 58.2 Å². The van der Waals surface area contributed by atoms with E-state index in [1.165, 1.54) is 44.9 Å². The highest BCUT2D eigenvalue weighted by Gasteiger charge is 2.43.